The summed E-state index contributed by atoms with van der Waals surface area (Å²) in [5, 5.41) is 2.88. The Labute approximate surface area is 209 Å². The second-order valence-electron chi connectivity index (χ2n) is 9.91. The summed E-state index contributed by atoms with van der Waals surface area (Å²) in [7, 11) is 0. The standard InChI is InChI=1S/C28H30FN3O4/c1-17(2)13-26(33)32-12-11-18-5-10-22(14-23(18)27(32)19-3-6-20(29)7-4-19)35-16-25-31-24(15-36-25)28(34)30-21-8-9-21/h3-7,10,14-15,17,21,27H,8-9,11-13,16H2,1-2H3,(H,30,34). The second-order valence-corrected chi connectivity index (χ2v) is 9.91. The zero-order valence-corrected chi connectivity index (χ0v) is 20.5. The largest absolute Gasteiger partial charge is 0.484 e. The fourth-order valence-electron chi connectivity index (χ4n) is 4.54. The molecule has 1 N–H and O–H groups in total. The molecular formula is C28H30FN3O4. The van der Waals surface area contributed by atoms with Gasteiger partial charge in [-0.05, 0) is 66.1 Å². The quantitative estimate of drug-likeness (QED) is 0.489. The molecule has 2 heterocycles. The van der Waals surface area contributed by atoms with E-state index in [0.29, 0.717) is 24.6 Å². The number of fused-ring (bicyclic) bond motifs is 1. The first-order valence-electron chi connectivity index (χ1n) is 12.4. The summed E-state index contributed by atoms with van der Waals surface area (Å²) in [5.74, 6) is 0.656. The number of hydrogen-bond donors (Lipinski definition) is 1. The fourth-order valence-corrected chi connectivity index (χ4v) is 4.54. The number of amides is 2. The number of nitrogens with zero attached hydrogens (tertiary/aromatic N) is 2. The van der Waals surface area contributed by atoms with Gasteiger partial charge in [-0.15, -0.1) is 0 Å². The molecule has 0 spiro atoms. The smallest absolute Gasteiger partial charge is 0.273 e. The first kappa shape index (κ1) is 24.0. The number of oxazole rings is 1. The lowest BCUT2D eigenvalue weighted by atomic mass is 9.87. The zero-order valence-electron chi connectivity index (χ0n) is 20.5. The number of rotatable bonds is 8. The van der Waals surface area contributed by atoms with Gasteiger partial charge in [0.15, 0.2) is 12.3 Å². The summed E-state index contributed by atoms with van der Waals surface area (Å²) < 4.78 is 25.1. The highest BCUT2D eigenvalue weighted by Crippen LogP contribution is 2.38. The van der Waals surface area contributed by atoms with Gasteiger partial charge in [0.1, 0.15) is 17.8 Å². The van der Waals surface area contributed by atoms with Crippen LogP contribution in [0.25, 0.3) is 0 Å². The van der Waals surface area contributed by atoms with Crippen LogP contribution in [-0.2, 0) is 17.8 Å². The number of carbonyl (C=O) groups is 2. The highest BCUT2D eigenvalue weighted by atomic mass is 19.1. The van der Waals surface area contributed by atoms with Crippen LogP contribution in [0.1, 0.15) is 72.2 Å². The fraction of sp³-hybridized carbons (Fsp3) is 0.393. The summed E-state index contributed by atoms with van der Waals surface area (Å²) in [6, 6.07) is 12.1. The van der Waals surface area contributed by atoms with Crippen molar-refractivity contribution in [2.45, 2.75) is 58.2 Å². The normalized spacial score (nSPS) is 17.1. The van der Waals surface area contributed by atoms with E-state index >= 15 is 0 Å². The van der Waals surface area contributed by atoms with Crippen molar-refractivity contribution in [3.63, 3.8) is 0 Å². The highest BCUT2D eigenvalue weighted by molar-refractivity contribution is 5.92. The third-order valence-corrected chi connectivity index (χ3v) is 6.49. The molecule has 1 atom stereocenters. The van der Waals surface area contributed by atoms with E-state index in [0.717, 1.165) is 36.0 Å². The van der Waals surface area contributed by atoms with Crippen molar-refractivity contribution in [1.29, 1.82) is 0 Å². The first-order chi connectivity index (χ1) is 17.4. The lowest BCUT2D eigenvalue weighted by Gasteiger charge is -2.38. The van der Waals surface area contributed by atoms with Gasteiger partial charge in [0.2, 0.25) is 11.8 Å². The van der Waals surface area contributed by atoms with Gasteiger partial charge in [0.05, 0.1) is 6.04 Å². The number of halogens is 1. The number of aromatic nitrogens is 1. The van der Waals surface area contributed by atoms with Crippen molar-refractivity contribution in [1.82, 2.24) is 15.2 Å². The van der Waals surface area contributed by atoms with E-state index in [4.69, 9.17) is 9.15 Å². The van der Waals surface area contributed by atoms with Gasteiger partial charge in [-0.2, -0.15) is 0 Å². The van der Waals surface area contributed by atoms with Crippen molar-refractivity contribution in [3.05, 3.63) is 82.8 Å². The molecule has 3 aromatic rings. The summed E-state index contributed by atoms with van der Waals surface area (Å²) in [6.45, 7) is 4.71. The average molecular weight is 492 g/mol. The molecule has 0 radical (unpaired) electrons. The predicted octanol–water partition coefficient (Wildman–Crippen LogP) is 4.81. The molecule has 0 bridgehead atoms. The minimum Gasteiger partial charge on any atom is -0.484 e. The van der Waals surface area contributed by atoms with Crippen LogP contribution in [0.2, 0.25) is 0 Å². The van der Waals surface area contributed by atoms with E-state index in [9.17, 15) is 14.0 Å². The number of hydrogen-bond acceptors (Lipinski definition) is 5. The molecular weight excluding hydrogens is 461 g/mol. The maximum Gasteiger partial charge on any atom is 0.273 e. The summed E-state index contributed by atoms with van der Waals surface area (Å²) in [6.07, 6.45) is 4.51. The molecule has 1 aliphatic heterocycles. The highest BCUT2D eigenvalue weighted by Gasteiger charge is 2.32. The molecule has 1 saturated carbocycles. The molecule has 2 aromatic carbocycles. The average Bonchev–Trinajstić information content (AvgIpc) is 3.54. The third-order valence-electron chi connectivity index (χ3n) is 6.49. The Morgan fingerprint density at radius 3 is 2.69 bits per heavy atom. The van der Waals surface area contributed by atoms with Crippen LogP contribution in [-0.4, -0.2) is 34.3 Å². The topological polar surface area (TPSA) is 84.7 Å². The monoisotopic (exact) mass is 491 g/mol. The molecule has 7 nitrogen and oxygen atoms in total. The van der Waals surface area contributed by atoms with Crippen molar-refractivity contribution >= 4 is 11.8 Å². The maximum atomic E-state index is 13.7. The Bertz CT molecular complexity index is 1250. The van der Waals surface area contributed by atoms with Crippen LogP contribution < -0.4 is 10.1 Å². The Balaban J connectivity index is 1.37. The summed E-state index contributed by atoms with van der Waals surface area (Å²) in [5.41, 5.74) is 3.17. The molecule has 2 amide bonds. The van der Waals surface area contributed by atoms with E-state index in [1.54, 1.807) is 12.1 Å². The van der Waals surface area contributed by atoms with Crippen LogP contribution >= 0.6 is 0 Å². The predicted molar refractivity (Wildman–Crippen MR) is 131 cm³/mol. The van der Waals surface area contributed by atoms with Crippen molar-refractivity contribution in [2.75, 3.05) is 6.54 Å². The molecule has 1 unspecified atom stereocenters. The molecule has 1 fully saturated rings. The van der Waals surface area contributed by atoms with Gasteiger partial charge < -0.3 is 19.4 Å². The lowest BCUT2D eigenvalue weighted by molar-refractivity contribution is -0.134. The first-order valence-corrected chi connectivity index (χ1v) is 12.4. The SMILES string of the molecule is CC(C)CC(=O)N1CCc2ccc(OCc3nc(C(=O)NC4CC4)co3)cc2C1c1ccc(F)cc1. The molecule has 1 aliphatic carbocycles. The van der Waals surface area contributed by atoms with E-state index in [1.165, 1.54) is 18.4 Å². The lowest BCUT2D eigenvalue weighted by Crippen LogP contribution is -2.41. The van der Waals surface area contributed by atoms with Crippen LogP contribution in [0.5, 0.6) is 5.75 Å². The van der Waals surface area contributed by atoms with Gasteiger partial charge in [-0.25, -0.2) is 9.37 Å². The number of benzene rings is 2. The molecule has 188 valence electrons. The Morgan fingerprint density at radius 1 is 1.19 bits per heavy atom. The van der Waals surface area contributed by atoms with Crippen molar-refractivity contribution in [3.8, 4) is 5.75 Å². The van der Waals surface area contributed by atoms with Crippen molar-refractivity contribution in [2.24, 2.45) is 5.92 Å². The summed E-state index contributed by atoms with van der Waals surface area (Å²) in [4.78, 5) is 31.4. The van der Waals surface area contributed by atoms with Crippen LogP contribution in [0.3, 0.4) is 0 Å². The molecule has 0 saturated heterocycles. The van der Waals surface area contributed by atoms with E-state index in [1.807, 2.05) is 36.9 Å². The Kier molecular flexibility index (Phi) is 6.76. The Morgan fingerprint density at radius 2 is 1.97 bits per heavy atom. The van der Waals surface area contributed by atoms with Gasteiger partial charge in [0.25, 0.3) is 5.91 Å². The van der Waals surface area contributed by atoms with Crippen LogP contribution in [0.4, 0.5) is 4.39 Å². The van der Waals surface area contributed by atoms with Gasteiger partial charge in [-0.1, -0.05) is 32.0 Å². The molecule has 5 rings (SSSR count). The van der Waals surface area contributed by atoms with Gasteiger partial charge in [0, 0.05) is 19.0 Å². The molecule has 8 heteroatoms. The van der Waals surface area contributed by atoms with Crippen molar-refractivity contribution < 1.29 is 23.1 Å². The molecule has 1 aromatic heterocycles. The van der Waals surface area contributed by atoms with E-state index in [2.05, 4.69) is 10.3 Å². The second kappa shape index (κ2) is 10.1. The molecule has 2 aliphatic rings. The number of ether oxygens (including phenoxy) is 1. The zero-order chi connectivity index (χ0) is 25.2. The molecule has 36 heavy (non-hydrogen) atoms. The van der Waals surface area contributed by atoms with Gasteiger partial charge in [-0.3, -0.25) is 9.59 Å². The number of nitrogens with one attached hydrogen (secondary N) is 1. The van der Waals surface area contributed by atoms with Crippen LogP contribution in [0, 0.1) is 11.7 Å². The Hall–Kier alpha value is -3.68. The minimum atomic E-state index is -0.330. The number of carbonyl (C=O) groups excluding carboxylic acids is 2. The summed E-state index contributed by atoms with van der Waals surface area (Å²) >= 11 is 0. The van der Waals surface area contributed by atoms with Gasteiger partial charge >= 0.3 is 0 Å². The maximum absolute atomic E-state index is 13.7. The third kappa shape index (κ3) is 5.42. The van der Waals surface area contributed by atoms with E-state index < -0.39 is 0 Å². The minimum absolute atomic E-state index is 0.0622. The van der Waals surface area contributed by atoms with Crippen LogP contribution in [0.15, 0.2) is 53.1 Å². The van der Waals surface area contributed by atoms with E-state index in [-0.39, 0.29) is 47.9 Å².